The molecule has 3 aromatic rings. The van der Waals surface area contributed by atoms with E-state index in [1.807, 2.05) is 6.07 Å². The molecule has 6 heteroatoms. The van der Waals surface area contributed by atoms with Crippen molar-refractivity contribution < 1.29 is 13.9 Å². The number of halogens is 1. The number of ether oxygens (including phenoxy) is 2. The number of nitrogens with one attached hydrogen (secondary N) is 1. The molecule has 0 radical (unpaired) electrons. The number of aromatic nitrogens is 1. The van der Waals surface area contributed by atoms with E-state index in [9.17, 15) is 0 Å². The van der Waals surface area contributed by atoms with Gasteiger partial charge < -0.3 is 19.2 Å². The molecule has 1 aromatic heterocycles. The molecule has 2 aromatic carbocycles. The number of fused-ring (bicyclic) bond motifs is 4. The van der Waals surface area contributed by atoms with Crippen molar-refractivity contribution in [2.45, 2.75) is 25.3 Å². The fourth-order valence-corrected chi connectivity index (χ4v) is 4.95. The zero-order valence-corrected chi connectivity index (χ0v) is 17.5. The summed E-state index contributed by atoms with van der Waals surface area (Å²) in [6.07, 6.45) is 3.21. The van der Waals surface area contributed by atoms with Gasteiger partial charge in [-0.05, 0) is 35.9 Å². The molecule has 5 nitrogen and oxygen atoms in total. The summed E-state index contributed by atoms with van der Waals surface area (Å²) in [7, 11) is 1.68. The number of oxazole rings is 1. The van der Waals surface area contributed by atoms with Crippen molar-refractivity contribution >= 4 is 21.6 Å². The molecule has 0 fully saturated rings. The highest BCUT2D eigenvalue weighted by Crippen LogP contribution is 2.54. The van der Waals surface area contributed by atoms with E-state index in [1.54, 1.807) is 13.3 Å². The minimum Gasteiger partial charge on any atom is -0.493 e. The minimum absolute atomic E-state index is 0.0888. The van der Waals surface area contributed by atoms with Crippen LogP contribution in [0.25, 0.3) is 11.3 Å². The molecule has 28 heavy (non-hydrogen) atoms. The second kappa shape index (κ2) is 6.27. The number of benzene rings is 2. The second-order valence-corrected chi connectivity index (χ2v) is 8.83. The van der Waals surface area contributed by atoms with Crippen LogP contribution >= 0.6 is 15.9 Å². The quantitative estimate of drug-likeness (QED) is 0.564. The summed E-state index contributed by atoms with van der Waals surface area (Å²) in [5.74, 6) is 2.64. The minimum atomic E-state index is -0.0888. The van der Waals surface area contributed by atoms with Gasteiger partial charge in [0.2, 0.25) is 0 Å². The standard InChI is InChI=1S/C22H21BrN2O3/c1-22(2)15-6-12(19-9-24-11-28-19)4-5-17(15)25-20-14-7-13(23)8-18(26-3)21(14)27-10-16(20)22/h4-9,11,16,20,25H,10H2,1-3H3/t16-,20+/m0/s1. The van der Waals surface area contributed by atoms with E-state index in [1.165, 1.54) is 12.0 Å². The zero-order chi connectivity index (χ0) is 19.5. The molecule has 0 saturated heterocycles. The van der Waals surface area contributed by atoms with E-state index in [-0.39, 0.29) is 17.4 Å². The lowest BCUT2D eigenvalue weighted by atomic mass is 9.65. The van der Waals surface area contributed by atoms with Crippen molar-refractivity contribution in [2.75, 3.05) is 19.0 Å². The highest BCUT2D eigenvalue weighted by atomic mass is 79.9. The summed E-state index contributed by atoms with van der Waals surface area (Å²) in [6, 6.07) is 10.6. The van der Waals surface area contributed by atoms with Gasteiger partial charge in [0.25, 0.3) is 0 Å². The van der Waals surface area contributed by atoms with Crippen LogP contribution in [0.3, 0.4) is 0 Å². The molecular weight excluding hydrogens is 420 g/mol. The van der Waals surface area contributed by atoms with Crippen LogP contribution in [0.2, 0.25) is 0 Å². The molecule has 2 aliphatic heterocycles. The number of rotatable bonds is 2. The van der Waals surface area contributed by atoms with E-state index in [4.69, 9.17) is 13.9 Å². The van der Waals surface area contributed by atoms with Gasteiger partial charge in [-0.15, -0.1) is 0 Å². The smallest absolute Gasteiger partial charge is 0.181 e. The van der Waals surface area contributed by atoms with Crippen LogP contribution in [0.15, 0.2) is 51.8 Å². The monoisotopic (exact) mass is 440 g/mol. The Bertz CT molecular complexity index is 1050. The van der Waals surface area contributed by atoms with Gasteiger partial charge in [0, 0.05) is 32.6 Å². The summed E-state index contributed by atoms with van der Waals surface area (Å²) in [6.45, 7) is 5.21. The molecule has 5 rings (SSSR count). The van der Waals surface area contributed by atoms with Gasteiger partial charge in [-0.25, -0.2) is 4.98 Å². The number of hydrogen-bond acceptors (Lipinski definition) is 5. The first-order valence-electron chi connectivity index (χ1n) is 9.29. The predicted molar refractivity (Wildman–Crippen MR) is 111 cm³/mol. The Kier molecular flexibility index (Phi) is 3.95. The molecule has 2 atom stereocenters. The zero-order valence-electron chi connectivity index (χ0n) is 16.0. The maximum absolute atomic E-state index is 6.21. The molecule has 2 aliphatic rings. The third-order valence-electron chi connectivity index (χ3n) is 6.08. The molecule has 0 spiro atoms. The molecule has 0 unspecified atom stereocenters. The van der Waals surface area contributed by atoms with Crippen molar-refractivity contribution in [3.05, 3.63) is 58.5 Å². The van der Waals surface area contributed by atoms with E-state index < -0.39 is 0 Å². The van der Waals surface area contributed by atoms with Crippen molar-refractivity contribution in [3.63, 3.8) is 0 Å². The van der Waals surface area contributed by atoms with Gasteiger partial charge in [-0.1, -0.05) is 29.8 Å². The number of hydrogen-bond donors (Lipinski definition) is 1. The first-order valence-corrected chi connectivity index (χ1v) is 10.1. The van der Waals surface area contributed by atoms with Crippen LogP contribution in [-0.4, -0.2) is 18.7 Å². The Labute approximate surface area is 172 Å². The molecule has 0 saturated carbocycles. The Morgan fingerprint density at radius 2 is 2.11 bits per heavy atom. The third kappa shape index (κ3) is 2.54. The molecular formula is C22H21BrN2O3. The Morgan fingerprint density at radius 1 is 1.25 bits per heavy atom. The Hall–Kier alpha value is -2.47. The van der Waals surface area contributed by atoms with Crippen molar-refractivity contribution in [1.29, 1.82) is 0 Å². The van der Waals surface area contributed by atoms with Crippen molar-refractivity contribution in [3.8, 4) is 22.8 Å². The molecule has 0 amide bonds. The molecule has 3 heterocycles. The number of nitrogens with zero attached hydrogens (tertiary/aromatic N) is 1. The fourth-order valence-electron chi connectivity index (χ4n) is 4.50. The molecule has 1 N–H and O–H groups in total. The van der Waals surface area contributed by atoms with Crippen LogP contribution in [-0.2, 0) is 5.41 Å². The van der Waals surface area contributed by atoms with Crippen LogP contribution in [0.4, 0.5) is 5.69 Å². The summed E-state index contributed by atoms with van der Waals surface area (Å²) in [4.78, 5) is 4.04. The van der Waals surface area contributed by atoms with E-state index >= 15 is 0 Å². The molecule has 0 bridgehead atoms. The highest BCUT2D eigenvalue weighted by Gasteiger charge is 2.47. The fraction of sp³-hybridized carbons (Fsp3) is 0.318. The van der Waals surface area contributed by atoms with Crippen LogP contribution in [0.1, 0.15) is 31.0 Å². The van der Waals surface area contributed by atoms with E-state index in [0.717, 1.165) is 38.5 Å². The normalized spacial score (nSPS) is 21.6. The van der Waals surface area contributed by atoms with Gasteiger partial charge in [-0.3, -0.25) is 0 Å². The largest absolute Gasteiger partial charge is 0.493 e. The van der Waals surface area contributed by atoms with Crippen molar-refractivity contribution in [2.24, 2.45) is 5.92 Å². The summed E-state index contributed by atoms with van der Waals surface area (Å²) < 4.78 is 18.2. The van der Waals surface area contributed by atoms with E-state index in [2.05, 4.69) is 64.3 Å². The van der Waals surface area contributed by atoms with Crippen LogP contribution in [0, 0.1) is 5.92 Å². The SMILES string of the molecule is COc1cc(Br)cc2c1OC[C@H]1[C@@H]2Nc2ccc(-c3cnco3)cc2C1(C)C. The Morgan fingerprint density at radius 3 is 2.86 bits per heavy atom. The van der Waals surface area contributed by atoms with Crippen LogP contribution < -0.4 is 14.8 Å². The number of anilines is 1. The summed E-state index contributed by atoms with van der Waals surface area (Å²) in [5, 5.41) is 3.76. The van der Waals surface area contributed by atoms with Gasteiger partial charge in [0.1, 0.15) is 0 Å². The summed E-state index contributed by atoms with van der Waals surface area (Å²) in [5.41, 5.74) is 4.47. The van der Waals surface area contributed by atoms with Gasteiger partial charge in [-0.2, -0.15) is 0 Å². The summed E-state index contributed by atoms with van der Waals surface area (Å²) >= 11 is 3.61. The lowest BCUT2D eigenvalue weighted by Crippen LogP contribution is -2.46. The van der Waals surface area contributed by atoms with Crippen LogP contribution in [0.5, 0.6) is 11.5 Å². The van der Waals surface area contributed by atoms with Crippen molar-refractivity contribution in [1.82, 2.24) is 4.98 Å². The third-order valence-corrected chi connectivity index (χ3v) is 6.54. The maximum Gasteiger partial charge on any atom is 0.181 e. The molecule has 0 aliphatic carbocycles. The first kappa shape index (κ1) is 17.6. The Balaban J connectivity index is 1.63. The predicted octanol–water partition coefficient (Wildman–Crippen LogP) is 5.57. The maximum atomic E-state index is 6.21. The topological polar surface area (TPSA) is 56.5 Å². The second-order valence-electron chi connectivity index (χ2n) is 7.91. The average molecular weight is 441 g/mol. The lowest BCUT2D eigenvalue weighted by Gasteiger charge is -2.48. The first-order chi connectivity index (χ1) is 13.5. The highest BCUT2D eigenvalue weighted by molar-refractivity contribution is 9.10. The van der Waals surface area contributed by atoms with Gasteiger partial charge >= 0.3 is 0 Å². The van der Waals surface area contributed by atoms with E-state index in [0.29, 0.717) is 6.61 Å². The van der Waals surface area contributed by atoms with Gasteiger partial charge in [0.05, 0.1) is 26.0 Å². The molecule has 144 valence electrons. The lowest BCUT2D eigenvalue weighted by molar-refractivity contribution is 0.131. The number of methoxy groups -OCH3 is 1. The average Bonchev–Trinajstić information content (AvgIpc) is 3.22. The van der Waals surface area contributed by atoms with Gasteiger partial charge in [0.15, 0.2) is 23.7 Å².